The number of hydrogen-bond acceptors (Lipinski definition) is 4. The SMILES string of the molecule is COc1ccc(Nc2nnc(C34CC5CC(CC(C5)C3)C4)n2C)cc1. The van der Waals surface area contributed by atoms with E-state index in [2.05, 4.69) is 27.1 Å². The predicted molar refractivity (Wildman–Crippen MR) is 97.1 cm³/mol. The lowest BCUT2D eigenvalue weighted by atomic mass is 9.49. The molecule has 25 heavy (non-hydrogen) atoms. The molecule has 0 aliphatic heterocycles. The molecule has 2 aromatic rings. The van der Waals surface area contributed by atoms with Gasteiger partial charge in [-0.15, -0.1) is 10.2 Å². The molecule has 1 heterocycles. The van der Waals surface area contributed by atoms with Crippen molar-refractivity contribution in [1.29, 1.82) is 0 Å². The molecule has 4 aliphatic rings. The number of nitrogens with zero attached hydrogens (tertiary/aromatic N) is 3. The van der Waals surface area contributed by atoms with Gasteiger partial charge in [0.15, 0.2) is 0 Å². The van der Waals surface area contributed by atoms with Gasteiger partial charge in [-0.2, -0.15) is 0 Å². The van der Waals surface area contributed by atoms with Crippen LogP contribution in [0.15, 0.2) is 24.3 Å². The highest BCUT2D eigenvalue weighted by Gasteiger charge is 2.53. The van der Waals surface area contributed by atoms with Crippen LogP contribution in [-0.2, 0) is 12.5 Å². The molecule has 6 rings (SSSR count). The largest absolute Gasteiger partial charge is 0.497 e. The summed E-state index contributed by atoms with van der Waals surface area (Å²) in [7, 11) is 3.79. The van der Waals surface area contributed by atoms with Crippen molar-refractivity contribution in [3.8, 4) is 5.75 Å². The van der Waals surface area contributed by atoms with Gasteiger partial charge >= 0.3 is 0 Å². The Morgan fingerprint density at radius 2 is 1.60 bits per heavy atom. The summed E-state index contributed by atoms with van der Waals surface area (Å²) in [6, 6.07) is 7.94. The van der Waals surface area contributed by atoms with Gasteiger partial charge in [-0.3, -0.25) is 4.57 Å². The van der Waals surface area contributed by atoms with Crippen molar-refractivity contribution in [2.75, 3.05) is 12.4 Å². The van der Waals surface area contributed by atoms with Gasteiger partial charge in [0.05, 0.1) is 7.11 Å². The van der Waals surface area contributed by atoms with Gasteiger partial charge in [-0.1, -0.05) is 0 Å². The minimum absolute atomic E-state index is 0.274. The van der Waals surface area contributed by atoms with E-state index in [0.717, 1.165) is 35.1 Å². The standard InChI is InChI=1S/C20H26N4O/c1-24-18(20-10-13-7-14(11-20)9-15(8-13)12-20)22-23-19(24)21-16-3-5-17(25-2)6-4-16/h3-6,13-15H,7-12H2,1-2H3,(H,21,23). The minimum Gasteiger partial charge on any atom is -0.497 e. The van der Waals surface area contributed by atoms with E-state index in [1.807, 2.05) is 24.3 Å². The fourth-order valence-corrected chi connectivity index (χ4v) is 6.09. The minimum atomic E-state index is 0.274. The highest BCUT2D eigenvalue weighted by Crippen LogP contribution is 2.60. The Kier molecular flexibility index (Phi) is 3.34. The molecule has 0 amide bonds. The monoisotopic (exact) mass is 338 g/mol. The highest BCUT2D eigenvalue weighted by atomic mass is 16.5. The van der Waals surface area contributed by atoms with Crippen LogP contribution in [0, 0.1) is 17.8 Å². The number of methoxy groups -OCH3 is 1. The molecule has 0 unspecified atom stereocenters. The third-order valence-electron chi connectivity index (χ3n) is 6.73. The number of benzene rings is 1. The molecule has 0 atom stereocenters. The Bertz CT molecular complexity index is 744. The number of hydrogen-bond donors (Lipinski definition) is 1. The van der Waals surface area contributed by atoms with Crippen LogP contribution in [0.25, 0.3) is 0 Å². The van der Waals surface area contributed by atoms with Crippen molar-refractivity contribution in [3.63, 3.8) is 0 Å². The van der Waals surface area contributed by atoms with E-state index in [4.69, 9.17) is 4.74 Å². The third kappa shape index (κ3) is 2.43. The maximum Gasteiger partial charge on any atom is 0.228 e. The Labute approximate surface area is 148 Å². The van der Waals surface area contributed by atoms with E-state index in [1.165, 1.54) is 44.3 Å². The molecule has 1 aromatic heterocycles. The Morgan fingerprint density at radius 3 is 2.16 bits per heavy atom. The lowest BCUT2D eigenvalue weighted by Crippen LogP contribution is -2.49. The average Bonchev–Trinajstić information content (AvgIpc) is 2.96. The van der Waals surface area contributed by atoms with Crippen LogP contribution in [0.3, 0.4) is 0 Å². The zero-order valence-corrected chi connectivity index (χ0v) is 15.0. The lowest BCUT2D eigenvalue weighted by molar-refractivity contribution is -0.0107. The van der Waals surface area contributed by atoms with Gasteiger partial charge in [0, 0.05) is 18.2 Å². The van der Waals surface area contributed by atoms with Crippen LogP contribution in [0.2, 0.25) is 0 Å². The topological polar surface area (TPSA) is 52.0 Å². The normalized spacial score (nSPS) is 32.8. The van der Waals surface area contributed by atoms with Gasteiger partial charge < -0.3 is 10.1 Å². The molecule has 1 aromatic carbocycles. The summed E-state index contributed by atoms with van der Waals surface area (Å²) >= 11 is 0. The Balaban J connectivity index is 1.42. The van der Waals surface area contributed by atoms with Crippen molar-refractivity contribution in [3.05, 3.63) is 30.1 Å². The second-order valence-electron chi connectivity index (χ2n) is 8.46. The second kappa shape index (κ2) is 5.48. The van der Waals surface area contributed by atoms with E-state index in [0.29, 0.717) is 0 Å². The molecule has 4 bridgehead atoms. The Hall–Kier alpha value is -2.04. The quantitative estimate of drug-likeness (QED) is 0.914. The summed E-state index contributed by atoms with van der Waals surface area (Å²) in [6.45, 7) is 0. The zero-order chi connectivity index (χ0) is 17.0. The fraction of sp³-hybridized carbons (Fsp3) is 0.600. The molecular formula is C20H26N4O. The summed E-state index contributed by atoms with van der Waals surface area (Å²) in [4.78, 5) is 0. The van der Waals surface area contributed by atoms with Crippen molar-refractivity contribution in [2.24, 2.45) is 24.8 Å². The third-order valence-corrected chi connectivity index (χ3v) is 6.73. The van der Waals surface area contributed by atoms with Crippen molar-refractivity contribution < 1.29 is 4.74 Å². The van der Waals surface area contributed by atoms with Gasteiger partial charge in [-0.25, -0.2) is 0 Å². The van der Waals surface area contributed by atoms with E-state index in [9.17, 15) is 0 Å². The maximum atomic E-state index is 5.22. The summed E-state index contributed by atoms with van der Waals surface area (Å²) in [5.41, 5.74) is 1.28. The highest BCUT2D eigenvalue weighted by molar-refractivity contribution is 5.55. The molecule has 5 heteroatoms. The van der Waals surface area contributed by atoms with Crippen LogP contribution in [0.5, 0.6) is 5.75 Å². The summed E-state index contributed by atoms with van der Waals surface area (Å²) < 4.78 is 7.42. The van der Waals surface area contributed by atoms with Crippen molar-refractivity contribution >= 4 is 11.6 Å². The predicted octanol–water partition coefficient (Wildman–Crippen LogP) is 4.04. The van der Waals surface area contributed by atoms with Crippen LogP contribution >= 0.6 is 0 Å². The van der Waals surface area contributed by atoms with Gasteiger partial charge in [-0.05, 0) is 80.5 Å². The average molecular weight is 338 g/mol. The molecule has 4 aliphatic carbocycles. The molecule has 4 fully saturated rings. The van der Waals surface area contributed by atoms with Crippen LogP contribution in [-0.4, -0.2) is 21.9 Å². The lowest BCUT2D eigenvalue weighted by Gasteiger charge is -2.56. The number of nitrogens with one attached hydrogen (secondary N) is 1. The van der Waals surface area contributed by atoms with Crippen LogP contribution in [0.1, 0.15) is 44.3 Å². The molecule has 0 radical (unpaired) electrons. The summed E-state index contributed by atoms with van der Waals surface area (Å²) in [5.74, 6) is 5.64. The first-order chi connectivity index (χ1) is 12.1. The van der Waals surface area contributed by atoms with Gasteiger partial charge in [0.1, 0.15) is 11.6 Å². The molecule has 1 N–H and O–H groups in total. The number of rotatable bonds is 4. The first kappa shape index (κ1) is 15.2. The van der Waals surface area contributed by atoms with E-state index >= 15 is 0 Å². The first-order valence-electron chi connectivity index (χ1n) is 9.46. The molecule has 0 spiro atoms. The molecule has 4 saturated carbocycles. The smallest absolute Gasteiger partial charge is 0.228 e. The zero-order valence-electron chi connectivity index (χ0n) is 15.0. The van der Waals surface area contributed by atoms with Crippen LogP contribution < -0.4 is 10.1 Å². The van der Waals surface area contributed by atoms with Crippen molar-refractivity contribution in [2.45, 2.75) is 43.9 Å². The van der Waals surface area contributed by atoms with E-state index < -0.39 is 0 Å². The molecule has 5 nitrogen and oxygen atoms in total. The van der Waals surface area contributed by atoms with Gasteiger partial charge in [0.2, 0.25) is 5.95 Å². The van der Waals surface area contributed by atoms with Crippen LogP contribution in [0.4, 0.5) is 11.6 Å². The second-order valence-corrected chi connectivity index (χ2v) is 8.46. The number of anilines is 2. The molecule has 132 valence electrons. The maximum absolute atomic E-state index is 5.22. The molecular weight excluding hydrogens is 312 g/mol. The molecule has 0 saturated heterocycles. The van der Waals surface area contributed by atoms with Gasteiger partial charge in [0.25, 0.3) is 0 Å². The first-order valence-corrected chi connectivity index (χ1v) is 9.46. The summed E-state index contributed by atoms with van der Waals surface area (Å²) in [5, 5.41) is 12.6. The van der Waals surface area contributed by atoms with E-state index in [1.54, 1.807) is 7.11 Å². The number of aromatic nitrogens is 3. The summed E-state index contributed by atoms with van der Waals surface area (Å²) in [6.07, 6.45) is 8.30. The van der Waals surface area contributed by atoms with Crippen molar-refractivity contribution in [1.82, 2.24) is 14.8 Å². The number of ether oxygens (including phenoxy) is 1. The van der Waals surface area contributed by atoms with E-state index in [-0.39, 0.29) is 5.41 Å². The fourth-order valence-electron chi connectivity index (χ4n) is 6.09. The Morgan fingerprint density at radius 1 is 1.00 bits per heavy atom.